The number of rotatable bonds is 4. The Hall–Kier alpha value is -0.420. The molecular formula is C11H22N2O2S. The Morgan fingerprint density at radius 3 is 2.38 bits per heavy atom. The Morgan fingerprint density at radius 1 is 1.44 bits per heavy atom. The van der Waals surface area contributed by atoms with Crippen LogP contribution in [-0.2, 0) is 15.6 Å². The van der Waals surface area contributed by atoms with Crippen LogP contribution in [0.2, 0.25) is 0 Å². The Bertz CT molecular complexity index is 294. The van der Waals surface area contributed by atoms with Gasteiger partial charge in [0.25, 0.3) is 0 Å². The van der Waals surface area contributed by atoms with Gasteiger partial charge in [0, 0.05) is 28.9 Å². The highest BCUT2D eigenvalue weighted by Crippen LogP contribution is 2.19. The maximum absolute atomic E-state index is 12.1. The smallest absolute Gasteiger partial charge is 0.241 e. The first-order valence-electron chi connectivity index (χ1n) is 5.72. The molecule has 0 aromatic rings. The number of amides is 1. The van der Waals surface area contributed by atoms with Crippen LogP contribution in [0.25, 0.3) is 0 Å². The summed E-state index contributed by atoms with van der Waals surface area (Å²) in [4.78, 5) is 14.0. The molecule has 1 saturated heterocycles. The van der Waals surface area contributed by atoms with Gasteiger partial charge in [0.05, 0.1) is 12.2 Å². The van der Waals surface area contributed by atoms with Crippen LogP contribution in [0.5, 0.6) is 0 Å². The zero-order chi connectivity index (χ0) is 12.5. The normalized spacial score (nSPS) is 29.9. The SMILES string of the molecule is CC(C)C1NC(C)N(C(C)CS(C)=O)C1=O. The summed E-state index contributed by atoms with van der Waals surface area (Å²) in [7, 11) is -0.865. The number of carbonyl (C=O) groups excluding carboxylic acids is 1. The van der Waals surface area contributed by atoms with Crippen molar-refractivity contribution in [3.05, 3.63) is 0 Å². The number of hydrogen-bond donors (Lipinski definition) is 1. The molecule has 1 rings (SSSR count). The molecule has 0 saturated carbocycles. The first-order valence-corrected chi connectivity index (χ1v) is 7.45. The minimum absolute atomic E-state index is 0.0320. The lowest BCUT2D eigenvalue weighted by molar-refractivity contribution is -0.132. The Morgan fingerprint density at radius 2 is 2.00 bits per heavy atom. The van der Waals surface area contributed by atoms with Gasteiger partial charge in [-0.1, -0.05) is 13.8 Å². The van der Waals surface area contributed by atoms with Crippen molar-refractivity contribution in [2.24, 2.45) is 5.92 Å². The summed E-state index contributed by atoms with van der Waals surface area (Å²) in [5.74, 6) is 0.975. The molecule has 94 valence electrons. The van der Waals surface area contributed by atoms with E-state index in [1.165, 1.54) is 0 Å². The first-order chi connectivity index (χ1) is 7.34. The van der Waals surface area contributed by atoms with Crippen LogP contribution in [0.3, 0.4) is 0 Å². The summed E-state index contributed by atoms with van der Waals surface area (Å²) in [6.07, 6.45) is 1.72. The van der Waals surface area contributed by atoms with Gasteiger partial charge in [-0.2, -0.15) is 0 Å². The highest BCUT2D eigenvalue weighted by molar-refractivity contribution is 7.84. The van der Waals surface area contributed by atoms with Gasteiger partial charge >= 0.3 is 0 Å². The number of hydrogen-bond acceptors (Lipinski definition) is 3. The molecule has 4 atom stereocenters. The van der Waals surface area contributed by atoms with E-state index in [1.54, 1.807) is 6.26 Å². The van der Waals surface area contributed by atoms with E-state index in [9.17, 15) is 9.00 Å². The maximum atomic E-state index is 12.1. The van der Waals surface area contributed by atoms with Crippen molar-refractivity contribution in [1.82, 2.24) is 10.2 Å². The van der Waals surface area contributed by atoms with Gasteiger partial charge < -0.3 is 4.90 Å². The second kappa shape index (κ2) is 5.27. The lowest BCUT2D eigenvalue weighted by Gasteiger charge is -2.27. The molecule has 16 heavy (non-hydrogen) atoms. The molecule has 0 bridgehead atoms. The summed E-state index contributed by atoms with van der Waals surface area (Å²) >= 11 is 0. The van der Waals surface area contributed by atoms with Crippen molar-refractivity contribution in [1.29, 1.82) is 0 Å². The second-order valence-electron chi connectivity index (χ2n) is 4.90. The quantitative estimate of drug-likeness (QED) is 0.788. The molecule has 0 spiro atoms. The van der Waals surface area contributed by atoms with Crippen molar-refractivity contribution < 1.29 is 9.00 Å². The minimum atomic E-state index is -0.865. The fourth-order valence-corrected chi connectivity index (χ4v) is 3.10. The summed E-state index contributed by atoms with van der Waals surface area (Å²) in [6, 6.07) is -0.0627. The molecule has 1 aliphatic rings. The average Bonchev–Trinajstić information content (AvgIpc) is 2.40. The largest absolute Gasteiger partial charge is 0.322 e. The molecule has 1 N–H and O–H groups in total. The van der Waals surface area contributed by atoms with Crippen LogP contribution in [-0.4, -0.2) is 45.3 Å². The predicted octanol–water partition coefficient (Wildman–Crippen LogP) is 0.556. The van der Waals surface area contributed by atoms with Gasteiger partial charge in [-0.3, -0.25) is 14.3 Å². The summed E-state index contributed by atoms with van der Waals surface area (Å²) in [6.45, 7) is 8.01. The standard InChI is InChI=1S/C11H22N2O2S/c1-7(2)10-11(14)13(9(4)12-10)8(3)6-16(5)15/h7-10,12H,6H2,1-5H3. The lowest BCUT2D eigenvalue weighted by atomic mass is 10.0. The van der Waals surface area contributed by atoms with E-state index < -0.39 is 10.8 Å². The maximum Gasteiger partial charge on any atom is 0.241 e. The summed E-state index contributed by atoms with van der Waals surface area (Å²) in [5, 5.41) is 3.28. The fraction of sp³-hybridized carbons (Fsp3) is 0.909. The summed E-state index contributed by atoms with van der Waals surface area (Å²) < 4.78 is 11.2. The third-order valence-electron chi connectivity index (χ3n) is 2.98. The van der Waals surface area contributed by atoms with E-state index in [0.717, 1.165) is 0 Å². The molecular weight excluding hydrogens is 224 g/mol. The molecule has 4 unspecified atom stereocenters. The number of nitrogens with zero attached hydrogens (tertiary/aromatic N) is 1. The van der Waals surface area contributed by atoms with Crippen LogP contribution in [0, 0.1) is 5.92 Å². The molecule has 1 aliphatic heterocycles. The molecule has 0 radical (unpaired) electrons. The highest BCUT2D eigenvalue weighted by Gasteiger charge is 2.40. The van der Waals surface area contributed by atoms with E-state index in [0.29, 0.717) is 11.7 Å². The zero-order valence-electron chi connectivity index (χ0n) is 10.7. The number of carbonyl (C=O) groups is 1. The average molecular weight is 246 g/mol. The molecule has 1 amide bonds. The summed E-state index contributed by atoms with van der Waals surface area (Å²) in [5.41, 5.74) is 0. The van der Waals surface area contributed by atoms with Crippen LogP contribution in [0.4, 0.5) is 0 Å². The molecule has 0 aliphatic carbocycles. The van der Waals surface area contributed by atoms with Crippen LogP contribution >= 0.6 is 0 Å². The van der Waals surface area contributed by atoms with E-state index in [-0.39, 0.29) is 24.2 Å². The van der Waals surface area contributed by atoms with E-state index in [1.807, 2.05) is 32.6 Å². The van der Waals surface area contributed by atoms with Crippen molar-refractivity contribution in [2.45, 2.75) is 45.9 Å². The third kappa shape index (κ3) is 2.83. The molecule has 4 nitrogen and oxygen atoms in total. The highest BCUT2D eigenvalue weighted by atomic mass is 32.2. The van der Waals surface area contributed by atoms with Gasteiger partial charge in [-0.05, 0) is 19.8 Å². The fourth-order valence-electron chi connectivity index (χ4n) is 2.26. The molecule has 0 aromatic heterocycles. The van der Waals surface area contributed by atoms with Gasteiger partial charge in [0.2, 0.25) is 5.91 Å². The Kier molecular flexibility index (Phi) is 4.50. The van der Waals surface area contributed by atoms with Crippen LogP contribution in [0.15, 0.2) is 0 Å². The lowest BCUT2D eigenvalue weighted by Crippen LogP contribution is -2.44. The van der Waals surface area contributed by atoms with Gasteiger partial charge in [-0.25, -0.2) is 0 Å². The number of nitrogens with one attached hydrogen (secondary N) is 1. The van der Waals surface area contributed by atoms with E-state index >= 15 is 0 Å². The topological polar surface area (TPSA) is 49.4 Å². The predicted molar refractivity (Wildman–Crippen MR) is 66.5 cm³/mol. The van der Waals surface area contributed by atoms with Crippen molar-refractivity contribution in [2.75, 3.05) is 12.0 Å². The minimum Gasteiger partial charge on any atom is -0.322 e. The van der Waals surface area contributed by atoms with Crippen molar-refractivity contribution >= 4 is 16.7 Å². The van der Waals surface area contributed by atoms with Gasteiger partial charge in [-0.15, -0.1) is 0 Å². The molecule has 0 aromatic carbocycles. The molecule has 1 fully saturated rings. The van der Waals surface area contributed by atoms with Gasteiger partial charge in [0.15, 0.2) is 0 Å². The zero-order valence-corrected chi connectivity index (χ0v) is 11.5. The van der Waals surface area contributed by atoms with Gasteiger partial charge in [0.1, 0.15) is 0 Å². The van der Waals surface area contributed by atoms with Crippen LogP contribution < -0.4 is 5.32 Å². The molecule has 1 heterocycles. The van der Waals surface area contributed by atoms with Crippen molar-refractivity contribution in [3.63, 3.8) is 0 Å². The Balaban J connectivity index is 2.74. The Labute approximate surface area is 100 Å². The second-order valence-corrected chi connectivity index (χ2v) is 6.38. The monoisotopic (exact) mass is 246 g/mol. The van der Waals surface area contributed by atoms with Crippen molar-refractivity contribution in [3.8, 4) is 0 Å². The first kappa shape index (κ1) is 13.6. The van der Waals surface area contributed by atoms with E-state index in [2.05, 4.69) is 5.32 Å². The molecule has 5 heteroatoms. The third-order valence-corrected chi connectivity index (χ3v) is 3.93. The van der Waals surface area contributed by atoms with Crippen LogP contribution in [0.1, 0.15) is 27.7 Å². The van der Waals surface area contributed by atoms with E-state index in [4.69, 9.17) is 0 Å².